The Labute approximate surface area is 211 Å². The first-order valence-electron chi connectivity index (χ1n) is 12.5. The molecule has 0 saturated carbocycles. The topological polar surface area (TPSA) is 82.6 Å². The van der Waals surface area contributed by atoms with Crippen LogP contribution in [0.3, 0.4) is 0 Å². The Balaban J connectivity index is 1.39. The lowest BCUT2D eigenvalue weighted by Gasteiger charge is -2.38. The molecule has 0 aromatic heterocycles. The van der Waals surface area contributed by atoms with E-state index in [2.05, 4.69) is 16.8 Å². The van der Waals surface area contributed by atoms with Gasteiger partial charge >= 0.3 is 0 Å². The minimum Gasteiger partial charge on any atom is -0.497 e. The third kappa shape index (κ3) is 7.39. The summed E-state index contributed by atoms with van der Waals surface area (Å²) in [5.41, 5.74) is 1.28. The maximum atomic E-state index is 13.1. The van der Waals surface area contributed by atoms with E-state index in [0.717, 1.165) is 38.6 Å². The van der Waals surface area contributed by atoms with Crippen LogP contribution in [0.25, 0.3) is 0 Å². The summed E-state index contributed by atoms with van der Waals surface area (Å²) in [6.45, 7) is 10.6. The Morgan fingerprint density at radius 3 is 2.23 bits per heavy atom. The number of carbonyl (C=O) groups is 1. The summed E-state index contributed by atoms with van der Waals surface area (Å²) in [6, 6.07) is 3.44. The monoisotopic (exact) mass is 510 g/mol. The summed E-state index contributed by atoms with van der Waals surface area (Å²) in [7, 11) is 1.60. The van der Waals surface area contributed by atoms with Crippen LogP contribution in [0, 0.1) is 19.8 Å². The number of hydrogen-bond acceptors (Lipinski definition) is 7. The van der Waals surface area contributed by atoms with Gasteiger partial charge in [-0.2, -0.15) is 4.31 Å². The lowest BCUT2D eigenvalue weighted by Crippen LogP contribution is -2.51. The fourth-order valence-corrected chi connectivity index (χ4v) is 6.50. The molecule has 0 atom stereocenters. The fourth-order valence-electron chi connectivity index (χ4n) is 4.94. The Hall–Kier alpha value is -1.72. The molecule has 2 aliphatic rings. The minimum absolute atomic E-state index is 0.0244. The average Bonchev–Trinajstić information content (AvgIpc) is 2.82. The Kier molecular flexibility index (Phi) is 9.94. The van der Waals surface area contributed by atoms with E-state index in [9.17, 15) is 13.2 Å². The first-order valence-corrected chi connectivity index (χ1v) is 13.9. The van der Waals surface area contributed by atoms with Crippen LogP contribution in [0.2, 0.25) is 0 Å². The summed E-state index contributed by atoms with van der Waals surface area (Å²) < 4.78 is 38.3. The van der Waals surface area contributed by atoms with Crippen LogP contribution in [0.1, 0.15) is 24.0 Å². The van der Waals surface area contributed by atoms with E-state index in [1.807, 2.05) is 4.90 Å². The van der Waals surface area contributed by atoms with E-state index >= 15 is 0 Å². The Morgan fingerprint density at radius 1 is 1.06 bits per heavy atom. The smallest absolute Gasteiger partial charge is 0.248 e. The zero-order valence-electron chi connectivity index (χ0n) is 22.0. The van der Waals surface area contributed by atoms with E-state index in [-0.39, 0.29) is 30.6 Å². The van der Waals surface area contributed by atoms with Crippen molar-refractivity contribution in [2.24, 2.45) is 5.92 Å². The number of rotatable bonds is 10. The molecule has 198 valence electrons. The van der Waals surface area contributed by atoms with Gasteiger partial charge < -0.3 is 19.3 Å². The van der Waals surface area contributed by atoms with Crippen molar-refractivity contribution < 1.29 is 22.7 Å². The number of aryl methyl sites for hydroxylation is 2. The molecular weight excluding hydrogens is 468 g/mol. The van der Waals surface area contributed by atoms with Crippen LogP contribution >= 0.6 is 0 Å². The maximum Gasteiger partial charge on any atom is 0.248 e. The van der Waals surface area contributed by atoms with Gasteiger partial charge in [0.25, 0.3) is 0 Å². The van der Waals surface area contributed by atoms with Gasteiger partial charge in [-0.25, -0.2) is 8.42 Å². The van der Waals surface area contributed by atoms with Gasteiger partial charge in [0.1, 0.15) is 12.4 Å². The van der Waals surface area contributed by atoms with Crippen LogP contribution < -0.4 is 4.74 Å². The van der Waals surface area contributed by atoms with E-state index in [1.54, 1.807) is 33.1 Å². The SMILES string of the molecule is COc1cc(C)c(S(=O)(=O)N(C)CCOCC(=O)N2CCN(CC3CCN(C)CC3)CC2)c(C)c1. The number of ether oxygens (including phenoxy) is 2. The van der Waals surface area contributed by atoms with E-state index in [1.165, 1.54) is 37.3 Å². The van der Waals surface area contributed by atoms with Crippen molar-refractivity contribution in [2.75, 3.05) is 86.8 Å². The molecule has 0 N–H and O–H groups in total. The molecule has 0 spiro atoms. The fraction of sp³-hybridized carbons (Fsp3) is 0.720. The molecule has 10 heteroatoms. The molecule has 2 aliphatic heterocycles. The van der Waals surface area contributed by atoms with Gasteiger partial charge in [-0.1, -0.05) is 0 Å². The number of methoxy groups -OCH3 is 1. The average molecular weight is 511 g/mol. The number of likely N-dealkylation sites (N-methyl/N-ethyl adjacent to an activating group) is 1. The molecule has 2 heterocycles. The number of sulfonamides is 1. The Morgan fingerprint density at radius 2 is 1.66 bits per heavy atom. The number of benzene rings is 1. The normalized spacial score (nSPS) is 18.9. The van der Waals surface area contributed by atoms with Crippen LogP contribution in [-0.2, 0) is 19.6 Å². The second kappa shape index (κ2) is 12.5. The maximum absolute atomic E-state index is 13.1. The molecular formula is C25H42N4O5S. The molecule has 0 unspecified atom stereocenters. The molecule has 2 saturated heterocycles. The highest BCUT2D eigenvalue weighted by Gasteiger charge is 2.27. The highest BCUT2D eigenvalue weighted by atomic mass is 32.2. The number of likely N-dealkylation sites (tertiary alicyclic amines) is 1. The lowest BCUT2D eigenvalue weighted by atomic mass is 9.96. The number of piperidine rings is 1. The van der Waals surface area contributed by atoms with Crippen LogP contribution in [0.4, 0.5) is 0 Å². The van der Waals surface area contributed by atoms with Gasteiger partial charge in [0, 0.05) is 46.3 Å². The molecule has 1 amide bonds. The third-order valence-electron chi connectivity index (χ3n) is 7.19. The van der Waals surface area contributed by atoms with E-state index < -0.39 is 10.0 Å². The van der Waals surface area contributed by atoms with Crippen LogP contribution in [0.5, 0.6) is 5.75 Å². The van der Waals surface area contributed by atoms with Gasteiger partial charge in [0.2, 0.25) is 15.9 Å². The highest BCUT2D eigenvalue weighted by molar-refractivity contribution is 7.89. The predicted molar refractivity (Wildman–Crippen MR) is 136 cm³/mol. The second-order valence-corrected chi connectivity index (χ2v) is 11.9. The summed E-state index contributed by atoms with van der Waals surface area (Å²) >= 11 is 0. The summed E-state index contributed by atoms with van der Waals surface area (Å²) in [5, 5.41) is 0. The summed E-state index contributed by atoms with van der Waals surface area (Å²) in [6.07, 6.45) is 2.51. The van der Waals surface area contributed by atoms with Gasteiger partial charge in [0.15, 0.2) is 0 Å². The first-order chi connectivity index (χ1) is 16.6. The molecule has 3 rings (SSSR count). The number of nitrogens with zero attached hydrogens (tertiary/aromatic N) is 4. The zero-order valence-corrected chi connectivity index (χ0v) is 22.8. The van der Waals surface area contributed by atoms with Crippen molar-refractivity contribution in [1.82, 2.24) is 19.0 Å². The van der Waals surface area contributed by atoms with Crippen molar-refractivity contribution in [3.05, 3.63) is 23.3 Å². The molecule has 2 fully saturated rings. The van der Waals surface area contributed by atoms with Crippen molar-refractivity contribution >= 4 is 15.9 Å². The third-order valence-corrected chi connectivity index (χ3v) is 9.36. The van der Waals surface area contributed by atoms with Gasteiger partial charge in [-0.3, -0.25) is 9.69 Å². The zero-order chi connectivity index (χ0) is 25.6. The largest absolute Gasteiger partial charge is 0.497 e. The summed E-state index contributed by atoms with van der Waals surface area (Å²) in [5.74, 6) is 1.36. The van der Waals surface area contributed by atoms with Gasteiger partial charge in [-0.15, -0.1) is 0 Å². The van der Waals surface area contributed by atoms with Crippen LogP contribution in [0.15, 0.2) is 17.0 Å². The molecule has 1 aromatic rings. The second-order valence-electron chi connectivity index (χ2n) is 9.90. The first kappa shape index (κ1) is 27.9. The van der Waals surface area contributed by atoms with Crippen molar-refractivity contribution in [1.29, 1.82) is 0 Å². The highest BCUT2D eigenvalue weighted by Crippen LogP contribution is 2.27. The molecule has 0 radical (unpaired) electrons. The van der Waals surface area contributed by atoms with Gasteiger partial charge in [0.05, 0.1) is 18.6 Å². The molecule has 9 nitrogen and oxygen atoms in total. The van der Waals surface area contributed by atoms with E-state index in [4.69, 9.17) is 9.47 Å². The van der Waals surface area contributed by atoms with E-state index in [0.29, 0.717) is 16.9 Å². The standard InChI is InChI=1S/C25H42N4O5S/c1-20-16-23(33-5)17-21(2)25(20)35(31,32)27(4)14-15-34-19-24(30)29-12-10-28(11-13-29)18-22-6-8-26(3)9-7-22/h16-17,22H,6-15,18-19H2,1-5H3. The number of carbonyl (C=O) groups excluding carboxylic acids is 1. The van der Waals surface area contributed by atoms with Gasteiger partial charge in [-0.05, 0) is 76.0 Å². The predicted octanol–water partition coefficient (Wildman–Crippen LogP) is 1.44. The molecule has 1 aromatic carbocycles. The van der Waals surface area contributed by atoms with Crippen molar-refractivity contribution in [2.45, 2.75) is 31.6 Å². The molecule has 35 heavy (non-hydrogen) atoms. The van der Waals surface area contributed by atoms with Crippen molar-refractivity contribution in [3.63, 3.8) is 0 Å². The Bertz CT molecular complexity index is 932. The minimum atomic E-state index is -3.67. The number of amides is 1. The lowest BCUT2D eigenvalue weighted by molar-refractivity contribution is -0.138. The molecule has 0 aliphatic carbocycles. The number of piperazine rings is 1. The quantitative estimate of drug-likeness (QED) is 0.441. The number of hydrogen-bond donors (Lipinski definition) is 0. The summed E-state index contributed by atoms with van der Waals surface area (Å²) in [4.78, 5) is 19.6. The van der Waals surface area contributed by atoms with Crippen molar-refractivity contribution in [3.8, 4) is 5.75 Å². The van der Waals surface area contributed by atoms with Crippen LogP contribution in [-0.4, -0.2) is 120 Å². The molecule has 0 bridgehead atoms.